The minimum atomic E-state index is 0.194. The number of aromatic nitrogens is 3. The summed E-state index contributed by atoms with van der Waals surface area (Å²) in [6.07, 6.45) is 8.02. The molecule has 1 aliphatic carbocycles. The van der Waals surface area contributed by atoms with Crippen LogP contribution in [-0.4, -0.2) is 40.2 Å². The van der Waals surface area contributed by atoms with Gasteiger partial charge >= 0.3 is 0 Å². The molecule has 134 valence electrons. The van der Waals surface area contributed by atoms with Crippen molar-refractivity contribution < 1.29 is 4.74 Å². The Hall–Kier alpha value is -2.41. The summed E-state index contributed by atoms with van der Waals surface area (Å²) in [6.45, 7) is 2.09. The normalized spacial score (nSPS) is 22.4. The van der Waals surface area contributed by atoms with E-state index in [2.05, 4.69) is 43.4 Å². The maximum absolute atomic E-state index is 6.15. The molecule has 1 saturated heterocycles. The van der Waals surface area contributed by atoms with Gasteiger partial charge in [0.1, 0.15) is 6.10 Å². The first-order valence-corrected chi connectivity index (χ1v) is 10.0. The van der Waals surface area contributed by atoms with E-state index >= 15 is 0 Å². The molecule has 0 unspecified atom stereocenters. The highest BCUT2D eigenvalue weighted by Gasteiger charge is 2.33. The summed E-state index contributed by atoms with van der Waals surface area (Å²) in [7, 11) is 0. The molecule has 3 heterocycles. The molecule has 0 atom stereocenters. The van der Waals surface area contributed by atoms with E-state index in [1.165, 1.54) is 17.5 Å². The van der Waals surface area contributed by atoms with Gasteiger partial charge in [-0.2, -0.15) is 0 Å². The number of rotatable bonds is 5. The number of ether oxygens (including phenoxy) is 1. The highest BCUT2D eigenvalue weighted by atomic mass is 32.1. The Balaban J connectivity index is 1.20. The van der Waals surface area contributed by atoms with Crippen LogP contribution in [0, 0.1) is 0 Å². The first kappa shape index (κ1) is 15.8. The summed E-state index contributed by atoms with van der Waals surface area (Å²) >= 11 is 1.71. The standard InChI is InChI=1S/C19H21N5OS/c1-2-6-16-15(5-1)23-19(26-16)22-13-11-14(12-13)25-18-17(20-7-8-21-18)24-9-3-4-10-24/h1-2,5-8,13-14H,3-4,9-12H2,(H,22,23)/t13-,14+. The smallest absolute Gasteiger partial charge is 0.257 e. The van der Waals surface area contributed by atoms with Crippen LogP contribution in [0.1, 0.15) is 25.7 Å². The number of hydrogen-bond acceptors (Lipinski definition) is 7. The third kappa shape index (κ3) is 3.07. The Labute approximate surface area is 156 Å². The Kier molecular flexibility index (Phi) is 4.09. The molecule has 0 spiro atoms. The number of thiazole rings is 1. The van der Waals surface area contributed by atoms with Gasteiger partial charge in [0.05, 0.1) is 10.2 Å². The van der Waals surface area contributed by atoms with Crippen LogP contribution in [0.2, 0.25) is 0 Å². The van der Waals surface area contributed by atoms with Crippen molar-refractivity contribution >= 4 is 32.5 Å². The summed E-state index contributed by atoms with van der Waals surface area (Å²) in [4.78, 5) is 15.8. The molecule has 1 saturated carbocycles. The van der Waals surface area contributed by atoms with Gasteiger partial charge in [0, 0.05) is 44.4 Å². The molecule has 5 rings (SSSR count). The number of fused-ring (bicyclic) bond motifs is 1. The summed E-state index contributed by atoms with van der Waals surface area (Å²) in [5.74, 6) is 1.57. The number of nitrogens with zero attached hydrogens (tertiary/aromatic N) is 4. The summed E-state index contributed by atoms with van der Waals surface area (Å²) in [5.41, 5.74) is 1.06. The summed E-state index contributed by atoms with van der Waals surface area (Å²) in [6, 6.07) is 8.65. The lowest BCUT2D eigenvalue weighted by Gasteiger charge is -2.35. The molecule has 26 heavy (non-hydrogen) atoms. The lowest BCUT2D eigenvalue weighted by atomic mass is 9.89. The van der Waals surface area contributed by atoms with Crippen molar-refractivity contribution in [1.82, 2.24) is 15.0 Å². The van der Waals surface area contributed by atoms with Gasteiger partial charge in [-0.25, -0.2) is 15.0 Å². The quantitative estimate of drug-likeness (QED) is 0.742. The highest BCUT2D eigenvalue weighted by molar-refractivity contribution is 7.22. The Morgan fingerprint density at radius 2 is 1.88 bits per heavy atom. The molecule has 1 aromatic carbocycles. The zero-order valence-corrected chi connectivity index (χ0v) is 15.3. The Bertz CT molecular complexity index is 869. The number of hydrogen-bond donors (Lipinski definition) is 1. The second-order valence-corrected chi connectivity index (χ2v) is 7.95. The second-order valence-electron chi connectivity index (χ2n) is 6.92. The van der Waals surface area contributed by atoms with E-state index in [-0.39, 0.29) is 6.10 Å². The number of nitrogens with one attached hydrogen (secondary N) is 1. The average molecular weight is 367 g/mol. The van der Waals surface area contributed by atoms with Crippen molar-refractivity contribution in [2.24, 2.45) is 0 Å². The lowest BCUT2D eigenvalue weighted by molar-refractivity contribution is 0.103. The molecule has 1 aliphatic heterocycles. The first-order chi connectivity index (χ1) is 12.8. The second kappa shape index (κ2) is 6.72. The van der Waals surface area contributed by atoms with Crippen LogP contribution in [0.15, 0.2) is 36.7 Å². The third-order valence-corrected chi connectivity index (χ3v) is 6.01. The van der Waals surface area contributed by atoms with Crippen LogP contribution in [0.5, 0.6) is 5.88 Å². The minimum Gasteiger partial charge on any atom is -0.472 e. The summed E-state index contributed by atoms with van der Waals surface area (Å²) < 4.78 is 7.37. The van der Waals surface area contributed by atoms with Crippen molar-refractivity contribution in [2.45, 2.75) is 37.8 Å². The van der Waals surface area contributed by atoms with Gasteiger partial charge in [-0.05, 0) is 25.0 Å². The maximum atomic E-state index is 6.15. The van der Waals surface area contributed by atoms with Gasteiger partial charge in [-0.3, -0.25) is 0 Å². The fourth-order valence-electron chi connectivity index (χ4n) is 3.59. The van der Waals surface area contributed by atoms with Gasteiger partial charge < -0.3 is 15.0 Å². The SMILES string of the molecule is c1ccc2sc(N[C@H]3C[C@@H](Oc4nccnc4N4CCCC4)C3)nc2c1. The van der Waals surface area contributed by atoms with E-state index in [0.717, 1.165) is 42.4 Å². The molecular weight excluding hydrogens is 346 g/mol. The molecule has 3 aromatic rings. The zero-order valence-electron chi connectivity index (χ0n) is 14.5. The van der Waals surface area contributed by atoms with E-state index < -0.39 is 0 Å². The molecular formula is C19H21N5OS. The van der Waals surface area contributed by atoms with Crippen LogP contribution in [0.3, 0.4) is 0 Å². The molecule has 0 amide bonds. The molecule has 2 fully saturated rings. The van der Waals surface area contributed by atoms with Crippen molar-refractivity contribution in [3.05, 3.63) is 36.7 Å². The monoisotopic (exact) mass is 367 g/mol. The largest absolute Gasteiger partial charge is 0.472 e. The predicted octanol–water partition coefficient (Wildman–Crippen LogP) is 3.71. The molecule has 1 N–H and O–H groups in total. The minimum absolute atomic E-state index is 0.194. The van der Waals surface area contributed by atoms with Gasteiger partial charge in [0.15, 0.2) is 10.9 Å². The molecule has 7 heteroatoms. The Morgan fingerprint density at radius 3 is 2.73 bits per heavy atom. The average Bonchev–Trinajstić information content (AvgIpc) is 3.29. The third-order valence-electron chi connectivity index (χ3n) is 5.05. The van der Waals surface area contributed by atoms with E-state index in [1.807, 2.05) is 6.07 Å². The molecule has 2 aliphatic rings. The van der Waals surface area contributed by atoms with Crippen LogP contribution < -0.4 is 15.0 Å². The van der Waals surface area contributed by atoms with Gasteiger partial charge in [-0.1, -0.05) is 23.5 Å². The Morgan fingerprint density at radius 1 is 1.08 bits per heavy atom. The van der Waals surface area contributed by atoms with Crippen LogP contribution in [0.25, 0.3) is 10.2 Å². The van der Waals surface area contributed by atoms with Crippen molar-refractivity contribution in [3.63, 3.8) is 0 Å². The fraction of sp³-hybridized carbons (Fsp3) is 0.421. The van der Waals surface area contributed by atoms with E-state index in [1.54, 1.807) is 23.7 Å². The van der Waals surface area contributed by atoms with Gasteiger partial charge in [-0.15, -0.1) is 0 Å². The zero-order chi connectivity index (χ0) is 17.3. The maximum Gasteiger partial charge on any atom is 0.257 e. The molecule has 0 bridgehead atoms. The van der Waals surface area contributed by atoms with E-state index in [9.17, 15) is 0 Å². The molecule has 0 radical (unpaired) electrons. The topological polar surface area (TPSA) is 63.2 Å². The highest BCUT2D eigenvalue weighted by Crippen LogP contribution is 2.34. The van der Waals surface area contributed by atoms with Crippen LogP contribution in [0.4, 0.5) is 10.9 Å². The first-order valence-electron chi connectivity index (χ1n) is 9.20. The summed E-state index contributed by atoms with van der Waals surface area (Å²) in [5, 5.41) is 4.53. The van der Waals surface area contributed by atoms with E-state index in [0.29, 0.717) is 11.9 Å². The van der Waals surface area contributed by atoms with Crippen LogP contribution >= 0.6 is 11.3 Å². The number of para-hydroxylation sites is 1. The van der Waals surface area contributed by atoms with Crippen LogP contribution in [-0.2, 0) is 0 Å². The van der Waals surface area contributed by atoms with Crippen molar-refractivity contribution in [2.75, 3.05) is 23.3 Å². The molecule has 6 nitrogen and oxygen atoms in total. The number of anilines is 2. The van der Waals surface area contributed by atoms with Crippen molar-refractivity contribution in [1.29, 1.82) is 0 Å². The van der Waals surface area contributed by atoms with Gasteiger partial charge in [0.25, 0.3) is 5.88 Å². The number of benzene rings is 1. The molecule has 2 aromatic heterocycles. The van der Waals surface area contributed by atoms with Gasteiger partial charge in [0.2, 0.25) is 0 Å². The lowest BCUT2D eigenvalue weighted by Crippen LogP contribution is -2.42. The predicted molar refractivity (Wildman–Crippen MR) is 104 cm³/mol. The van der Waals surface area contributed by atoms with Crippen molar-refractivity contribution in [3.8, 4) is 5.88 Å². The fourth-order valence-corrected chi connectivity index (χ4v) is 4.54. The van der Waals surface area contributed by atoms with E-state index in [4.69, 9.17) is 4.74 Å².